The van der Waals surface area contributed by atoms with Crippen molar-refractivity contribution in [1.29, 1.82) is 0 Å². The Bertz CT molecular complexity index is 433. The first kappa shape index (κ1) is 25.0. The second kappa shape index (κ2) is 15.1. The third kappa shape index (κ3) is 13.2. The Morgan fingerprint density at radius 1 is 0.692 bits per heavy atom. The maximum absolute atomic E-state index is 12.4. The van der Waals surface area contributed by atoms with Crippen molar-refractivity contribution >= 4 is 62.2 Å². The fourth-order valence-corrected chi connectivity index (χ4v) is 4.24. The zero-order valence-corrected chi connectivity index (χ0v) is 17.2. The lowest BCUT2D eigenvalue weighted by Crippen LogP contribution is -2.19. The van der Waals surface area contributed by atoms with Crippen LogP contribution in [-0.4, -0.2) is 57.2 Å². The molecule has 0 aromatic carbocycles. The molecule has 0 aliphatic carbocycles. The summed E-state index contributed by atoms with van der Waals surface area (Å²) in [6.45, 7) is 0. The van der Waals surface area contributed by atoms with Crippen molar-refractivity contribution in [3.8, 4) is 0 Å². The van der Waals surface area contributed by atoms with Crippen molar-refractivity contribution in [1.82, 2.24) is 16.0 Å². The van der Waals surface area contributed by atoms with Crippen molar-refractivity contribution in [3.63, 3.8) is 0 Å². The van der Waals surface area contributed by atoms with Gasteiger partial charge in [-0.15, -0.1) is 0 Å². The number of hydrogen-bond acceptors (Lipinski definition) is 13. The average molecular weight is 455 g/mol. The lowest BCUT2D eigenvalue weighted by molar-refractivity contribution is 0.167. The molecule has 17 heteroatoms. The molecule has 0 aromatic rings. The molecule has 26 heavy (non-hydrogen) atoms. The van der Waals surface area contributed by atoms with Crippen LogP contribution in [0.3, 0.4) is 0 Å². The molecule has 0 saturated heterocycles. The van der Waals surface area contributed by atoms with Crippen LogP contribution in [0.1, 0.15) is 0 Å². The fourth-order valence-electron chi connectivity index (χ4n) is 0.745. The first-order valence-corrected chi connectivity index (χ1v) is 10.6. The van der Waals surface area contributed by atoms with Gasteiger partial charge in [0.1, 0.15) is 0 Å². The monoisotopic (exact) mass is 455 g/mol. The molecule has 0 rings (SSSR count). The van der Waals surface area contributed by atoms with Gasteiger partial charge >= 0.3 is 26.1 Å². The van der Waals surface area contributed by atoms with Crippen molar-refractivity contribution in [2.75, 3.05) is 39.0 Å². The molecule has 0 aromatic heterocycles. The van der Waals surface area contributed by atoms with Gasteiger partial charge in [-0.2, -0.15) is 0 Å². The summed E-state index contributed by atoms with van der Waals surface area (Å²) in [5, 5.41) is 6.60. The molecule has 3 amide bonds. The summed E-state index contributed by atoms with van der Waals surface area (Å²) >= 11 is 1.44. The number of carbonyl (C=O) groups excluding carboxylic acids is 3. The zero-order valence-electron chi connectivity index (χ0n) is 13.9. The fraction of sp³-hybridized carbons (Fsp3) is 0.667. The zero-order chi connectivity index (χ0) is 19.8. The minimum Gasteiger partial charge on any atom is -0.436 e. The van der Waals surface area contributed by atoms with Gasteiger partial charge in [-0.05, 0) is 0 Å². The SMILES string of the molecule is CNC(=O)OCSOP(=O)(OSCOC(=O)NC)OSCOC(=O)NC. The van der Waals surface area contributed by atoms with Crippen LogP contribution in [0.2, 0.25) is 0 Å². The summed E-state index contributed by atoms with van der Waals surface area (Å²) in [7, 11) is -0.0959. The van der Waals surface area contributed by atoms with Crippen molar-refractivity contribution in [2.45, 2.75) is 0 Å². The second-order valence-electron chi connectivity index (χ2n) is 3.42. The van der Waals surface area contributed by atoms with Crippen LogP contribution in [0.5, 0.6) is 0 Å². The quantitative estimate of drug-likeness (QED) is 0.129. The minimum absolute atomic E-state index is 0.310. The average Bonchev–Trinajstić information content (AvgIpc) is 2.65. The van der Waals surface area contributed by atoms with Crippen LogP contribution in [-0.2, 0) is 30.7 Å². The highest BCUT2D eigenvalue weighted by Crippen LogP contribution is 2.58. The lowest BCUT2D eigenvalue weighted by Gasteiger charge is -2.14. The smallest absolute Gasteiger partial charge is 0.436 e. The van der Waals surface area contributed by atoms with E-state index in [0.717, 1.165) is 0 Å². The molecule has 13 nitrogen and oxygen atoms in total. The van der Waals surface area contributed by atoms with Crippen LogP contribution in [0.25, 0.3) is 0 Å². The third-order valence-corrected chi connectivity index (χ3v) is 5.86. The van der Waals surface area contributed by atoms with Crippen LogP contribution in [0.15, 0.2) is 0 Å². The van der Waals surface area contributed by atoms with E-state index in [0.29, 0.717) is 36.1 Å². The molecule has 152 valence electrons. The Morgan fingerprint density at radius 2 is 0.962 bits per heavy atom. The third-order valence-electron chi connectivity index (χ3n) is 1.76. The standard InChI is InChI=1S/C9H18N3O10PS3/c1-10-7(13)17-4-24-20-23(16,21-25-5-18-8(14)11-2)22-26-6-19-9(15)12-3/h4-6H2,1-3H3,(H,10,13)(H,11,14)(H,12,15). The summed E-state index contributed by atoms with van der Waals surface area (Å²) in [6.07, 6.45) is -2.17. The summed E-state index contributed by atoms with van der Waals surface area (Å²) < 4.78 is 40.8. The van der Waals surface area contributed by atoms with Gasteiger partial charge in [0.05, 0.1) is 0 Å². The highest BCUT2D eigenvalue weighted by molar-refractivity contribution is 8.04. The van der Waals surface area contributed by atoms with Crippen LogP contribution >= 0.6 is 44.0 Å². The molecular weight excluding hydrogens is 437 g/mol. The van der Waals surface area contributed by atoms with E-state index in [4.69, 9.17) is 11.9 Å². The molecule has 0 unspecified atom stereocenters. The van der Waals surface area contributed by atoms with E-state index in [2.05, 4.69) is 30.2 Å². The van der Waals surface area contributed by atoms with Gasteiger partial charge < -0.3 is 30.2 Å². The van der Waals surface area contributed by atoms with E-state index in [1.165, 1.54) is 21.1 Å². The number of alkyl carbamates (subject to hydrolysis) is 3. The topological polar surface area (TPSA) is 160 Å². The Kier molecular flexibility index (Phi) is 14.5. The van der Waals surface area contributed by atoms with Gasteiger partial charge in [-0.1, -0.05) is 0 Å². The number of carbonyl (C=O) groups is 3. The van der Waals surface area contributed by atoms with E-state index in [9.17, 15) is 18.9 Å². The molecule has 3 N–H and O–H groups in total. The first-order chi connectivity index (χ1) is 12.4. The van der Waals surface area contributed by atoms with Crippen LogP contribution < -0.4 is 16.0 Å². The van der Waals surface area contributed by atoms with Gasteiger partial charge in [0, 0.05) is 57.3 Å². The first-order valence-electron chi connectivity index (χ1n) is 6.44. The highest BCUT2D eigenvalue weighted by Gasteiger charge is 2.30. The van der Waals surface area contributed by atoms with E-state index in [-0.39, 0.29) is 17.8 Å². The van der Waals surface area contributed by atoms with E-state index in [1.54, 1.807) is 0 Å². The van der Waals surface area contributed by atoms with E-state index < -0.39 is 26.1 Å². The maximum Gasteiger partial charge on any atom is 0.508 e. The van der Waals surface area contributed by atoms with Gasteiger partial charge in [-0.25, -0.2) is 30.9 Å². The van der Waals surface area contributed by atoms with Crippen molar-refractivity contribution < 1.29 is 45.1 Å². The molecule has 0 atom stereocenters. The predicted molar refractivity (Wildman–Crippen MR) is 94.9 cm³/mol. The van der Waals surface area contributed by atoms with E-state index in [1.807, 2.05) is 0 Å². The highest BCUT2D eigenvalue weighted by atomic mass is 32.2. The Hall–Kier alpha value is -1.03. The van der Waals surface area contributed by atoms with Gasteiger partial charge in [0.25, 0.3) is 0 Å². The molecule has 0 fully saturated rings. The number of amides is 3. The summed E-state index contributed by atoms with van der Waals surface area (Å²) in [5.41, 5.74) is 0. The number of hydrogen-bond donors (Lipinski definition) is 3. The Balaban J connectivity index is 4.35. The molecular formula is C9H18N3O10PS3. The number of ether oxygens (including phenoxy) is 3. The number of phosphoric acid groups is 1. The number of rotatable bonds is 12. The van der Waals surface area contributed by atoms with Gasteiger partial charge in [-0.3, -0.25) is 0 Å². The Labute approximate surface area is 162 Å². The van der Waals surface area contributed by atoms with Crippen LogP contribution in [0.4, 0.5) is 14.4 Å². The van der Waals surface area contributed by atoms with E-state index >= 15 is 0 Å². The van der Waals surface area contributed by atoms with Gasteiger partial charge in [0.2, 0.25) is 0 Å². The van der Waals surface area contributed by atoms with Crippen molar-refractivity contribution in [3.05, 3.63) is 0 Å². The Morgan fingerprint density at radius 3 is 1.19 bits per heavy atom. The summed E-state index contributed by atoms with van der Waals surface area (Å²) in [5.74, 6) is -0.931. The maximum atomic E-state index is 12.4. The normalized spacial score (nSPS) is 10.6. The molecule has 0 aliphatic rings. The lowest BCUT2D eigenvalue weighted by atomic mass is 11.1. The largest absolute Gasteiger partial charge is 0.508 e. The molecule has 0 spiro atoms. The molecule has 0 saturated carbocycles. The molecule has 0 radical (unpaired) electrons. The van der Waals surface area contributed by atoms with Crippen molar-refractivity contribution in [2.24, 2.45) is 0 Å². The summed E-state index contributed by atoms with van der Waals surface area (Å²) in [6, 6.07) is 0. The summed E-state index contributed by atoms with van der Waals surface area (Å²) in [4.78, 5) is 32.7. The van der Waals surface area contributed by atoms with Crippen LogP contribution in [0, 0.1) is 0 Å². The second-order valence-corrected chi connectivity index (χ2v) is 7.52. The van der Waals surface area contributed by atoms with Gasteiger partial charge in [0.15, 0.2) is 17.8 Å². The number of nitrogens with one attached hydrogen (secondary N) is 3. The molecule has 0 heterocycles. The predicted octanol–water partition coefficient (Wildman–Crippen LogP) is 2.03. The molecule has 0 aliphatic heterocycles. The molecule has 0 bridgehead atoms. The minimum atomic E-state index is -4.17.